The molecule has 0 aromatic heterocycles. The van der Waals surface area contributed by atoms with E-state index in [0.717, 1.165) is 11.1 Å². The van der Waals surface area contributed by atoms with Crippen molar-refractivity contribution in [3.63, 3.8) is 0 Å². The molecule has 0 N–H and O–H groups in total. The van der Waals surface area contributed by atoms with Gasteiger partial charge < -0.3 is 9.53 Å². The van der Waals surface area contributed by atoms with E-state index in [1.54, 1.807) is 42.5 Å². The van der Waals surface area contributed by atoms with Crippen LogP contribution in [-0.4, -0.2) is 17.5 Å². The van der Waals surface area contributed by atoms with E-state index in [2.05, 4.69) is 0 Å². The van der Waals surface area contributed by atoms with Gasteiger partial charge in [-0.25, -0.2) is 0 Å². The largest absolute Gasteiger partial charge is 0.425 e. The Hall–Kier alpha value is -2.95. The van der Waals surface area contributed by atoms with Gasteiger partial charge in [0.15, 0.2) is 5.78 Å². The van der Waals surface area contributed by atoms with Gasteiger partial charge in [-0.3, -0.25) is 9.59 Å². The Labute approximate surface area is 189 Å². The van der Waals surface area contributed by atoms with Crippen LogP contribution in [0.1, 0.15) is 35.2 Å². The first-order valence-electron chi connectivity index (χ1n) is 9.74. The van der Waals surface area contributed by atoms with E-state index >= 15 is 0 Å². The summed E-state index contributed by atoms with van der Waals surface area (Å²) in [6.07, 6.45) is 0.0516. The van der Waals surface area contributed by atoms with E-state index in [1.165, 1.54) is 6.92 Å². The predicted molar refractivity (Wildman–Crippen MR) is 120 cm³/mol. The van der Waals surface area contributed by atoms with Crippen molar-refractivity contribution in [3.05, 3.63) is 87.9 Å². The molecule has 0 saturated heterocycles. The van der Waals surface area contributed by atoms with E-state index in [1.807, 2.05) is 24.3 Å². The molecule has 6 heteroatoms. The van der Waals surface area contributed by atoms with Crippen molar-refractivity contribution in [2.75, 3.05) is 0 Å². The van der Waals surface area contributed by atoms with Crippen molar-refractivity contribution in [1.29, 1.82) is 0 Å². The number of rotatable bonds is 5. The molecule has 4 rings (SSSR count). The van der Waals surface area contributed by atoms with Gasteiger partial charge in [0.25, 0.3) is 0 Å². The third kappa shape index (κ3) is 4.41. The molecule has 0 saturated carbocycles. The van der Waals surface area contributed by atoms with Crippen molar-refractivity contribution in [2.45, 2.75) is 19.3 Å². The highest BCUT2D eigenvalue weighted by Gasteiger charge is 2.42. The molecule has 3 aromatic carbocycles. The Morgan fingerprint density at radius 1 is 0.935 bits per heavy atom. The lowest BCUT2D eigenvalue weighted by Crippen LogP contribution is -2.38. The zero-order chi connectivity index (χ0) is 22.1. The fourth-order valence-electron chi connectivity index (χ4n) is 3.93. The first-order valence-corrected chi connectivity index (χ1v) is 10.5. The zero-order valence-electron chi connectivity index (χ0n) is 16.6. The number of ketones is 2. The van der Waals surface area contributed by atoms with Crippen molar-refractivity contribution in [2.24, 2.45) is 5.92 Å². The van der Waals surface area contributed by atoms with Crippen LogP contribution in [0.15, 0.2) is 66.7 Å². The molecule has 0 bridgehead atoms. The highest BCUT2D eigenvalue weighted by atomic mass is 35.5. The lowest BCUT2D eigenvalue weighted by Gasteiger charge is -2.28. The quantitative estimate of drug-likeness (QED) is 0.265. The van der Waals surface area contributed by atoms with Gasteiger partial charge in [0, 0.05) is 22.4 Å². The topological polar surface area (TPSA) is 60.4 Å². The molecule has 2 atom stereocenters. The van der Waals surface area contributed by atoms with E-state index in [4.69, 9.17) is 27.9 Å². The van der Waals surface area contributed by atoms with Gasteiger partial charge in [-0.2, -0.15) is 0 Å². The third-order valence-corrected chi connectivity index (χ3v) is 5.78. The maximum Gasteiger partial charge on any atom is 0.322 e. The normalized spacial score (nSPS) is 16.4. The number of para-hydroxylation sites is 1. The molecule has 0 spiro atoms. The summed E-state index contributed by atoms with van der Waals surface area (Å²) < 4.78 is 5.42. The Morgan fingerprint density at radius 2 is 1.58 bits per heavy atom. The molecule has 2 unspecified atom stereocenters. The highest BCUT2D eigenvalue weighted by Crippen LogP contribution is 2.38. The summed E-state index contributed by atoms with van der Waals surface area (Å²) in [4.78, 5) is 37.9. The molecular weight excluding hydrogens is 435 g/mol. The summed E-state index contributed by atoms with van der Waals surface area (Å²) in [6.45, 7) is 1.45. The minimum absolute atomic E-state index is 0.0516. The van der Waals surface area contributed by atoms with Gasteiger partial charge in [-0.1, -0.05) is 59.6 Å². The van der Waals surface area contributed by atoms with Crippen LogP contribution in [0.25, 0.3) is 11.1 Å². The number of carbonyl (C=O) groups excluding carboxylic acids is 3. The molecule has 156 valence electrons. The Bertz CT molecular complexity index is 1160. The SMILES string of the molecule is CC(=O)CC(c1ccc(-c2cc(Cl)cc(Cl)c2)cc1)C1C(=O)Oc2ccccc2C1=O. The third-order valence-electron chi connectivity index (χ3n) is 5.34. The van der Waals surface area contributed by atoms with Gasteiger partial charge in [-0.05, 0) is 53.9 Å². The van der Waals surface area contributed by atoms with E-state index in [0.29, 0.717) is 21.2 Å². The maximum atomic E-state index is 13.1. The number of carbonyl (C=O) groups is 3. The monoisotopic (exact) mass is 452 g/mol. The summed E-state index contributed by atoms with van der Waals surface area (Å²) in [5.41, 5.74) is 2.78. The second-order valence-corrected chi connectivity index (χ2v) is 8.42. The Kier molecular flexibility index (Phi) is 5.94. The van der Waals surface area contributed by atoms with Gasteiger partial charge in [0.2, 0.25) is 0 Å². The first kappa shape index (κ1) is 21.3. The van der Waals surface area contributed by atoms with Crippen LogP contribution in [0.4, 0.5) is 0 Å². The molecule has 0 fully saturated rings. The number of hydrogen-bond acceptors (Lipinski definition) is 4. The van der Waals surface area contributed by atoms with Crippen molar-refractivity contribution in [3.8, 4) is 16.9 Å². The number of esters is 1. The smallest absolute Gasteiger partial charge is 0.322 e. The molecule has 1 aliphatic rings. The second kappa shape index (κ2) is 8.66. The second-order valence-electron chi connectivity index (χ2n) is 7.55. The first-order chi connectivity index (χ1) is 14.8. The average molecular weight is 453 g/mol. The maximum absolute atomic E-state index is 13.1. The standard InChI is InChI=1S/C25H18Cl2O4/c1-14(28)10-21(23-24(29)20-4-2-3-5-22(20)31-25(23)30)16-8-6-15(7-9-16)17-11-18(26)13-19(27)12-17/h2-9,11-13,21,23H,10H2,1H3. The van der Waals surface area contributed by atoms with Crippen LogP contribution >= 0.6 is 23.2 Å². The molecule has 4 nitrogen and oxygen atoms in total. The molecule has 0 radical (unpaired) electrons. The van der Waals surface area contributed by atoms with Crippen molar-refractivity contribution >= 4 is 40.7 Å². The van der Waals surface area contributed by atoms with Crippen molar-refractivity contribution < 1.29 is 19.1 Å². The zero-order valence-corrected chi connectivity index (χ0v) is 18.1. The van der Waals surface area contributed by atoms with Crippen LogP contribution in [0.3, 0.4) is 0 Å². The fraction of sp³-hybridized carbons (Fsp3) is 0.160. The summed E-state index contributed by atoms with van der Waals surface area (Å²) in [6, 6.07) is 19.3. The van der Waals surface area contributed by atoms with Crippen LogP contribution in [0, 0.1) is 5.92 Å². The fourth-order valence-corrected chi connectivity index (χ4v) is 4.46. The minimum atomic E-state index is -1.08. The summed E-state index contributed by atoms with van der Waals surface area (Å²) in [7, 11) is 0. The highest BCUT2D eigenvalue weighted by molar-refractivity contribution is 6.35. The number of hydrogen-bond donors (Lipinski definition) is 0. The van der Waals surface area contributed by atoms with Crippen LogP contribution in [0.5, 0.6) is 5.75 Å². The number of fused-ring (bicyclic) bond motifs is 1. The lowest BCUT2D eigenvalue weighted by atomic mass is 9.77. The molecule has 31 heavy (non-hydrogen) atoms. The van der Waals surface area contributed by atoms with Crippen LogP contribution in [-0.2, 0) is 9.59 Å². The minimum Gasteiger partial charge on any atom is -0.425 e. The van der Waals surface area contributed by atoms with E-state index in [9.17, 15) is 14.4 Å². The Balaban J connectivity index is 1.71. The van der Waals surface area contributed by atoms with Gasteiger partial charge >= 0.3 is 5.97 Å². The van der Waals surface area contributed by atoms with Gasteiger partial charge in [0.1, 0.15) is 17.5 Å². The summed E-state index contributed by atoms with van der Waals surface area (Å²) in [5, 5.41) is 1.05. The number of benzene rings is 3. The summed E-state index contributed by atoms with van der Waals surface area (Å²) >= 11 is 12.2. The van der Waals surface area contributed by atoms with E-state index in [-0.39, 0.29) is 23.7 Å². The molecule has 1 heterocycles. The molecule has 3 aromatic rings. The Morgan fingerprint density at radius 3 is 2.23 bits per heavy atom. The number of halogens is 2. The summed E-state index contributed by atoms with van der Waals surface area (Å²) in [5.74, 6) is -2.53. The van der Waals surface area contributed by atoms with Crippen LogP contribution in [0.2, 0.25) is 10.0 Å². The molecule has 1 aliphatic heterocycles. The predicted octanol–water partition coefficient (Wildman–Crippen LogP) is 6.14. The molecule has 0 aliphatic carbocycles. The van der Waals surface area contributed by atoms with E-state index < -0.39 is 17.8 Å². The number of ether oxygens (including phenoxy) is 1. The molecular formula is C25H18Cl2O4. The van der Waals surface area contributed by atoms with Gasteiger partial charge in [-0.15, -0.1) is 0 Å². The van der Waals surface area contributed by atoms with Crippen LogP contribution < -0.4 is 4.74 Å². The average Bonchev–Trinajstić information content (AvgIpc) is 2.72. The number of Topliss-reactive ketones (excluding diaryl/α,β-unsaturated/α-hetero) is 2. The van der Waals surface area contributed by atoms with Crippen molar-refractivity contribution in [1.82, 2.24) is 0 Å². The lowest BCUT2D eigenvalue weighted by molar-refractivity contribution is -0.138. The molecule has 0 amide bonds. The van der Waals surface area contributed by atoms with Gasteiger partial charge in [0.05, 0.1) is 5.56 Å².